The molecule has 2 aromatic rings. The van der Waals surface area contributed by atoms with Crippen molar-refractivity contribution in [2.45, 2.75) is 25.3 Å². The van der Waals surface area contributed by atoms with Crippen LogP contribution in [0.25, 0.3) is 11.4 Å². The summed E-state index contributed by atoms with van der Waals surface area (Å²) in [6.07, 6.45) is 1.72. The molecule has 0 atom stereocenters. The van der Waals surface area contributed by atoms with Gasteiger partial charge in [0.05, 0.1) is 5.54 Å². The van der Waals surface area contributed by atoms with E-state index in [-0.39, 0.29) is 5.82 Å². The molecule has 1 saturated carbocycles. The molecule has 88 valence electrons. The highest BCUT2D eigenvalue weighted by Gasteiger charge is 2.45. The molecule has 1 aromatic heterocycles. The third-order valence-electron chi connectivity index (χ3n) is 3.07. The molecule has 1 aliphatic rings. The fourth-order valence-corrected chi connectivity index (χ4v) is 1.62. The second-order valence-electron chi connectivity index (χ2n) is 4.54. The molecule has 17 heavy (non-hydrogen) atoms. The predicted molar refractivity (Wildman–Crippen MR) is 59.5 cm³/mol. The van der Waals surface area contributed by atoms with Gasteiger partial charge in [-0.3, -0.25) is 0 Å². The Morgan fingerprint density at radius 1 is 1.41 bits per heavy atom. The Kier molecular flexibility index (Phi) is 2.06. The van der Waals surface area contributed by atoms with Crippen LogP contribution in [-0.4, -0.2) is 10.1 Å². The fraction of sp³-hybridized carbons (Fsp3) is 0.333. The van der Waals surface area contributed by atoms with Crippen LogP contribution in [0.3, 0.4) is 0 Å². The smallest absolute Gasteiger partial charge is 0.247 e. The van der Waals surface area contributed by atoms with Crippen LogP contribution in [0.5, 0.6) is 0 Å². The molecule has 5 heteroatoms. The number of hydrogen-bond donors (Lipinski definition) is 1. The lowest BCUT2D eigenvalue weighted by Gasteiger charge is -1.99. The Hall–Kier alpha value is -1.75. The lowest BCUT2D eigenvalue weighted by atomic mass is 10.1. The van der Waals surface area contributed by atoms with E-state index >= 15 is 0 Å². The fourth-order valence-electron chi connectivity index (χ4n) is 1.62. The SMILES string of the molecule is Cc1ccc(-c2noc(C3(N)CC3)n2)cc1F. The quantitative estimate of drug-likeness (QED) is 0.863. The van der Waals surface area contributed by atoms with E-state index in [1.54, 1.807) is 19.1 Å². The summed E-state index contributed by atoms with van der Waals surface area (Å²) in [5.74, 6) is 0.548. The lowest BCUT2D eigenvalue weighted by Crippen LogP contribution is -2.18. The molecule has 0 saturated heterocycles. The molecule has 0 unspecified atom stereocenters. The molecule has 0 bridgehead atoms. The summed E-state index contributed by atoms with van der Waals surface area (Å²) in [4.78, 5) is 4.22. The Morgan fingerprint density at radius 2 is 2.18 bits per heavy atom. The Bertz CT molecular complexity index is 575. The first-order valence-corrected chi connectivity index (χ1v) is 5.48. The van der Waals surface area contributed by atoms with Crippen LogP contribution in [-0.2, 0) is 5.54 Å². The molecule has 1 fully saturated rings. The highest BCUT2D eigenvalue weighted by atomic mass is 19.1. The van der Waals surface area contributed by atoms with Gasteiger partial charge in [0.2, 0.25) is 11.7 Å². The summed E-state index contributed by atoms with van der Waals surface area (Å²) in [7, 11) is 0. The van der Waals surface area contributed by atoms with Gasteiger partial charge in [-0.2, -0.15) is 4.98 Å². The molecule has 4 nitrogen and oxygen atoms in total. The van der Waals surface area contributed by atoms with E-state index in [1.165, 1.54) is 6.07 Å². The van der Waals surface area contributed by atoms with Crippen LogP contribution < -0.4 is 5.73 Å². The van der Waals surface area contributed by atoms with Crippen molar-refractivity contribution in [3.8, 4) is 11.4 Å². The molecule has 1 aromatic carbocycles. The molecule has 0 radical (unpaired) electrons. The topological polar surface area (TPSA) is 64.9 Å². The molecule has 1 heterocycles. The van der Waals surface area contributed by atoms with E-state index in [0.717, 1.165) is 12.8 Å². The van der Waals surface area contributed by atoms with Gasteiger partial charge in [-0.15, -0.1) is 0 Å². The monoisotopic (exact) mass is 233 g/mol. The maximum absolute atomic E-state index is 13.4. The van der Waals surface area contributed by atoms with Crippen molar-refractivity contribution in [2.75, 3.05) is 0 Å². The van der Waals surface area contributed by atoms with Gasteiger partial charge < -0.3 is 10.3 Å². The van der Waals surface area contributed by atoms with Gasteiger partial charge in [-0.05, 0) is 31.4 Å². The second-order valence-corrected chi connectivity index (χ2v) is 4.54. The molecule has 0 amide bonds. The van der Waals surface area contributed by atoms with Crippen LogP contribution in [0.2, 0.25) is 0 Å². The number of hydrogen-bond acceptors (Lipinski definition) is 4. The van der Waals surface area contributed by atoms with Crippen molar-refractivity contribution in [2.24, 2.45) is 5.73 Å². The Labute approximate surface area is 97.6 Å². The van der Waals surface area contributed by atoms with E-state index in [2.05, 4.69) is 10.1 Å². The number of rotatable bonds is 2. The summed E-state index contributed by atoms with van der Waals surface area (Å²) >= 11 is 0. The summed E-state index contributed by atoms with van der Waals surface area (Å²) in [6, 6.07) is 4.86. The molecule has 3 rings (SSSR count). The molecule has 0 aliphatic heterocycles. The van der Waals surface area contributed by atoms with Crippen molar-refractivity contribution in [1.82, 2.24) is 10.1 Å². The van der Waals surface area contributed by atoms with E-state index in [1.807, 2.05) is 0 Å². The highest BCUT2D eigenvalue weighted by molar-refractivity contribution is 5.55. The summed E-state index contributed by atoms with van der Waals surface area (Å²) in [5, 5.41) is 3.83. The molecular formula is C12H12FN3O. The van der Waals surface area contributed by atoms with Gasteiger partial charge in [-0.1, -0.05) is 17.3 Å². The molecule has 1 aliphatic carbocycles. The van der Waals surface area contributed by atoms with Gasteiger partial charge in [0, 0.05) is 5.56 Å². The number of nitrogens with two attached hydrogens (primary N) is 1. The van der Waals surface area contributed by atoms with Gasteiger partial charge in [-0.25, -0.2) is 4.39 Å². The normalized spacial score (nSPS) is 17.1. The van der Waals surface area contributed by atoms with Crippen molar-refractivity contribution in [3.63, 3.8) is 0 Å². The zero-order valence-electron chi connectivity index (χ0n) is 9.40. The van der Waals surface area contributed by atoms with Gasteiger partial charge in [0.1, 0.15) is 5.82 Å². The molecule has 2 N–H and O–H groups in total. The van der Waals surface area contributed by atoms with Gasteiger partial charge >= 0.3 is 0 Å². The number of aromatic nitrogens is 2. The Morgan fingerprint density at radius 3 is 2.82 bits per heavy atom. The summed E-state index contributed by atoms with van der Waals surface area (Å²) in [5.41, 5.74) is 6.69. The minimum absolute atomic E-state index is 0.275. The minimum atomic E-state index is -0.450. The summed E-state index contributed by atoms with van der Waals surface area (Å²) < 4.78 is 18.5. The van der Waals surface area contributed by atoms with Crippen molar-refractivity contribution >= 4 is 0 Å². The standard InChI is InChI=1S/C12H12FN3O/c1-7-2-3-8(6-9(7)13)10-15-11(17-16-10)12(14)4-5-12/h2-3,6H,4-5,14H2,1H3. The zero-order chi connectivity index (χ0) is 12.0. The average Bonchev–Trinajstić information content (AvgIpc) is 2.88. The predicted octanol–water partition coefficient (Wildman–Crippen LogP) is 2.13. The zero-order valence-corrected chi connectivity index (χ0v) is 9.40. The van der Waals surface area contributed by atoms with Crippen LogP contribution in [0, 0.1) is 12.7 Å². The first-order valence-electron chi connectivity index (χ1n) is 5.48. The van der Waals surface area contributed by atoms with Crippen LogP contribution in [0.15, 0.2) is 22.7 Å². The van der Waals surface area contributed by atoms with Crippen molar-refractivity contribution in [3.05, 3.63) is 35.5 Å². The average molecular weight is 233 g/mol. The van der Waals surface area contributed by atoms with Crippen LogP contribution >= 0.6 is 0 Å². The number of benzene rings is 1. The number of aryl methyl sites for hydroxylation is 1. The second kappa shape index (κ2) is 3.37. The van der Waals surface area contributed by atoms with E-state index in [9.17, 15) is 4.39 Å². The largest absolute Gasteiger partial charge is 0.337 e. The first kappa shape index (κ1) is 10.4. The van der Waals surface area contributed by atoms with E-state index in [4.69, 9.17) is 10.3 Å². The summed E-state index contributed by atoms with van der Waals surface area (Å²) in [6.45, 7) is 1.71. The Balaban J connectivity index is 1.98. The molecular weight excluding hydrogens is 221 g/mol. The number of nitrogens with zero attached hydrogens (tertiary/aromatic N) is 2. The highest BCUT2D eigenvalue weighted by Crippen LogP contribution is 2.42. The third kappa shape index (κ3) is 1.72. The minimum Gasteiger partial charge on any atom is -0.337 e. The van der Waals surface area contributed by atoms with E-state index < -0.39 is 5.54 Å². The maximum Gasteiger partial charge on any atom is 0.247 e. The van der Waals surface area contributed by atoms with E-state index in [0.29, 0.717) is 22.8 Å². The number of halogens is 1. The lowest BCUT2D eigenvalue weighted by molar-refractivity contribution is 0.348. The van der Waals surface area contributed by atoms with Crippen molar-refractivity contribution in [1.29, 1.82) is 0 Å². The van der Waals surface area contributed by atoms with Gasteiger partial charge in [0.15, 0.2) is 0 Å². The first-order chi connectivity index (χ1) is 8.08. The van der Waals surface area contributed by atoms with Crippen LogP contribution in [0.4, 0.5) is 4.39 Å². The van der Waals surface area contributed by atoms with Crippen LogP contribution in [0.1, 0.15) is 24.3 Å². The van der Waals surface area contributed by atoms with Gasteiger partial charge in [0.25, 0.3) is 0 Å². The third-order valence-corrected chi connectivity index (χ3v) is 3.07. The maximum atomic E-state index is 13.4. The van der Waals surface area contributed by atoms with Crippen molar-refractivity contribution < 1.29 is 8.91 Å². The molecule has 0 spiro atoms.